The van der Waals surface area contributed by atoms with Gasteiger partial charge in [-0.25, -0.2) is 8.42 Å². The van der Waals surface area contributed by atoms with Crippen LogP contribution in [0, 0.1) is 0 Å². The van der Waals surface area contributed by atoms with E-state index >= 15 is 0 Å². The first kappa shape index (κ1) is 22.1. The molecule has 10 heteroatoms. The number of ether oxygens (including phenoxy) is 2. The van der Waals surface area contributed by atoms with Crippen molar-refractivity contribution in [3.8, 4) is 11.5 Å². The van der Waals surface area contributed by atoms with E-state index in [2.05, 4.69) is 5.16 Å². The van der Waals surface area contributed by atoms with Crippen LogP contribution in [0.25, 0.3) is 0 Å². The Hall–Kier alpha value is -3.11. The van der Waals surface area contributed by atoms with Crippen LogP contribution in [0.1, 0.15) is 12.0 Å². The van der Waals surface area contributed by atoms with Gasteiger partial charge in [0, 0.05) is 38.7 Å². The minimum Gasteiger partial charge on any atom is -0.493 e. The normalized spacial score (nSPS) is 19.2. The summed E-state index contributed by atoms with van der Waals surface area (Å²) in [4.78, 5) is 20.0. The highest BCUT2D eigenvalue weighted by Gasteiger charge is 2.36. The van der Waals surface area contributed by atoms with Crippen LogP contribution in [0.4, 0.5) is 0 Å². The van der Waals surface area contributed by atoms with E-state index in [-0.39, 0.29) is 37.0 Å². The van der Waals surface area contributed by atoms with Gasteiger partial charge in [-0.15, -0.1) is 0 Å². The van der Waals surface area contributed by atoms with Gasteiger partial charge in [0.1, 0.15) is 0 Å². The van der Waals surface area contributed by atoms with E-state index in [1.165, 1.54) is 30.7 Å². The average molecular weight is 460 g/mol. The molecule has 0 saturated carbocycles. The van der Waals surface area contributed by atoms with Crippen LogP contribution < -0.4 is 9.47 Å². The number of nitrogens with zero attached hydrogens (tertiary/aromatic N) is 3. The second-order valence-electron chi connectivity index (χ2n) is 7.45. The Labute approximate surface area is 187 Å². The second kappa shape index (κ2) is 9.17. The molecule has 1 fully saturated rings. The van der Waals surface area contributed by atoms with Gasteiger partial charge in [0.2, 0.25) is 16.1 Å². The molecule has 1 atom stereocenters. The Morgan fingerprint density at radius 2 is 1.69 bits per heavy atom. The van der Waals surface area contributed by atoms with Crippen molar-refractivity contribution in [3.05, 3.63) is 54.1 Å². The summed E-state index contributed by atoms with van der Waals surface area (Å²) in [5, 5.41) is 4.07. The van der Waals surface area contributed by atoms with Crippen LogP contribution in [0.5, 0.6) is 11.5 Å². The molecule has 0 bridgehead atoms. The molecular weight excluding hydrogens is 434 g/mol. The summed E-state index contributed by atoms with van der Waals surface area (Å²) in [6.45, 7) is 0.959. The van der Waals surface area contributed by atoms with Crippen molar-refractivity contribution in [1.82, 2.24) is 9.21 Å². The number of hydrogen-bond acceptors (Lipinski definition) is 7. The van der Waals surface area contributed by atoms with E-state index in [4.69, 9.17) is 14.3 Å². The minimum absolute atomic E-state index is 0.120. The fraction of sp³-hybridized carbons (Fsp3) is 0.364. The van der Waals surface area contributed by atoms with Crippen molar-refractivity contribution in [2.24, 2.45) is 5.16 Å². The number of sulfonamides is 1. The monoisotopic (exact) mass is 459 g/mol. The maximum absolute atomic E-state index is 13.1. The van der Waals surface area contributed by atoms with Crippen LogP contribution in [0.15, 0.2) is 58.6 Å². The molecule has 32 heavy (non-hydrogen) atoms. The summed E-state index contributed by atoms with van der Waals surface area (Å²) < 4.78 is 37.9. The van der Waals surface area contributed by atoms with E-state index in [1.807, 2.05) is 30.3 Å². The highest BCUT2D eigenvalue weighted by atomic mass is 32.2. The molecular formula is C22H25N3O6S. The fourth-order valence-corrected chi connectivity index (χ4v) is 5.23. The van der Waals surface area contributed by atoms with E-state index in [1.54, 1.807) is 11.0 Å². The largest absolute Gasteiger partial charge is 0.493 e. The highest BCUT2D eigenvalue weighted by Crippen LogP contribution is 2.31. The summed E-state index contributed by atoms with van der Waals surface area (Å²) in [6, 6.07) is 14.1. The Kier molecular flexibility index (Phi) is 6.33. The lowest BCUT2D eigenvalue weighted by molar-refractivity contribution is -0.143. The van der Waals surface area contributed by atoms with Crippen LogP contribution in [-0.4, -0.2) is 75.7 Å². The first-order valence-electron chi connectivity index (χ1n) is 10.2. The first-order valence-corrected chi connectivity index (χ1v) is 11.7. The number of methoxy groups -OCH3 is 2. The highest BCUT2D eigenvalue weighted by molar-refractivity contribution is 7.89. The summed E-state index contributed by atoms with van der Waals surface area (Å²) in [5.41, 5.74) is 1.66. The zero-order valence-corrected chi connectivity index (χ0v) is 18.7. The molecule has 1 amide bonds. The Morgan fingerprint density at radius 3 is 2.34 bits per heavy atom. The van der Waals surface area contributed by atoms with E-state index < -0.39 is 16.1 Å². The smallest absolute Gasteiger partial charge is 0.266 e. The number of rotatable bonds is 6. The maximum atomic E-state index is 13.1. The Bertz CT molecular complexity index is 1110. The number of amides is 1. The van der Waals surface area contributed by atoms with Crippen LogP contribution in [-0.2, 0) is 19.7 Å². The molecule has 2 aliphatic rings. The number of oxime groups is 1. The maximum Gasteiger partial charge on any atom is 0.266 e. The van der Waals surface area contributed by atoms with Crippen molar-refractivity contribution < 1.29 is 27.5 Å². The van der Waals surface area contributed by atoms with Gasteiger partial charge >= 0.3 is 0 Å². The van der Waals surface area contributed by atoms with Crippen molar-refractivity contribution in [1.29, 1.82) is 0 Å². The van der Waals surface area contributed by atoms with Crippen molar-refractivity contribution in [3.63, 3.8) is 0 Å². The molecule has 2 heterocycles. The molecule has 0 spiro atoms. The summed E-state index contributed by atoms with van der Waals surface area (Å²) in [6.07, 6.45) is -0.285. The van der Waals surface area contributed by atoms with E-state index in [0.29, 0.717) is 17.9 Å². The zero-order chi connectivity index (χ0) is 22.7. The van der Waals surface area contributed by atoms with Gasteiger partial charge < -0.3 is 19.2 Å². The number of carbonyl (C=O) groups is 1. The zero-order valence-electron chi connectivity index (χ0n) is 17.9. The first-order chi connectivity index (χ1) is 15.4. The number of hydrogen-bond donors (Lipinski definition) is 0. The topological polar surface area (TPSA) is 97.7 Å². The Morgan fingerprint density at radius 1 is 1.00 bits per heavy atom. The lowest BCUT2D eigenvalue weighted by atomic mass is 10.0. The van der Waals surface area contributed by atoms with Gasteiger partial charge in [-0.1, -0.05) is 35.5 Å². The quantitative estimate of drug-likeness (QED) is 0.653. The molecule has 1 saturated heterocycles. The number of carbonyl (C=O) groups excluding carboxylic acids is 1. The van der Waals surface area contributed by atoms with Crippen molar-refractivity contribution in [2.45, 2.75) is 17.4 Å². The third-order valence-electron chi connectivity index (χ3n) is 5.59. The molecule has 2 aromatic carbocycles. The van der Waals surface area contributed by atoms with Gasteiger partial charge in [-0.3, -0.25) is 4.79 Å². The van der Waals surface area contributed by atoms with Crippen LogP contribution in [0.2, 0.25) is 0 Å². The molecule has 0 radical (unpaired) electrons. The van der Waals surface area contributed by atoms with E-state index in [9.17, 15) is 13.2 Å². The minimum atomic E-state index is -3.73. The second-order valence-corrected chi connectivity index (χ2v) is 9.39. The average Bonchev–Trinajstić information content (AvgIpc) is 3.34. The van der Waals surface area contributed by atoms with Gasteiger partial charge in [0.25, 0.3) is 5.91 Å². The molecule has 1 unspecified atom stereocenters. The molecule has 2 aliphatic heterocycles. The van der Waals surface area contributed by atoms with Gasteiger partial charge in [-0.05, 0) is 17.7 Å². The fourth-order valence-electron chi connectivity index (χ4n) is 3.79. The van der Waals surface area contributed by atoms with Crippen LogP contribution in [0.3, 0.4) is 0 Å². The van der Waals surface area contributed by atoms with Gasteiger partial charge in [-0.2, -0.15) is 4.31 Å². The van der Waals surface area contributed by atoms with Gasteiger partial charge in [0.05, 0.1) is 24.8 Å². The number of benzene rings is 2. The standard InChI is InChI=1S/C22H25N3O6S/c1-29-19-9-8-17(14-20(19)30-2)32(27,28)25-12-10-24(11-13-25)22(26)21-15-18(23-31-21)16-6-4-3-5-7-16/h3-9,14,21H,10-13,15H2,1-2H3. The predicted octanol–water partition coefficient (Wildman–Crippen LogP) is 1.73. The SMILES string of the molecule is COc1ccc(S(=O)(=O)N2CCN(C(=O)C3CC(c4ccccc4)=NO3)CC2)cc1OC. The predicted molar refractivity (Wildman–Crippen MR) is 117 cm³/mol. The summed E-state index contributed by atoms with van der Waals surface area (Å²) in [5.74, 6) is 0.619. The molecule has 2 aromatic rings. The molecule has 9 nitrogen and oxygen atoms in total. The van der Waals surface area contributed by atoms with Gasteiger partial charge in [0.15, 0.2) is 11.5 Å². The number of piperazine rings is 1. The lowest BCUT2D eigenvalue weighted by Gasteiger charge is -2.34. The lowest BCUT2D eigenvalue weighted by Crippen LogP contribution is -2.52. The van der Waals surface area contributed by atoms with E-state index in [0.717, 1.165) is 11.3 Å². The Balaban J connectivity index is 1.37. The molecule has 4 rings (SSSR count). The molecule has 0 aromatic heterocycles. The third-order valence-corrected chi connectivity index (χ3v) is 7.49. The van der Waals surface area contributed by atoms with Crippen molar-refractivity contribution in [2.75, 3.05) is 40.4 Å². The molecule has 0 N–H and O–H groups in total. The summed E-state index contributed by atoms with van der Waals surface area (Å²) >= 11 is 0. The molecule has 0 aliphatic carbocycles. The third kappa shape index (κ3) is 4.28. The summed E-state index contributed by atoms with van der Waals surface area (Å²) in [7, 11) is -0.781. The van der Waals surface area contributed by atoms with Crippen molar-refractivity contribution >= 4 is 21.6 Å². The van der Waals surface area contributed by atoms with Crippen LogP contribution >= 0.6 is 0 Å². The molecule has 170 valence electrons.